The predicted molar refractivity (Wildman–Crippen MR) is 64.5 cm³/mol. The number of halogens is 3. The van der Waals surface area contributed by atoms with Crippen LogP contribution in [0.25, 0.3) is 11.3 Å². The third-order valence-corrected chi connectivity index (χ3v) is 2.66. The summed E-state index contributed by atoms with van der Waals surface area (Å²) in [6.45, 7) is 0. The van der Waals surface area contributed by atoms with E-state index in [-0.39, 0.29) is 11.6 Å². The van der Waals surface area contributed by atoms with Gasteiger partial charge in [-0.25, -0.2) is 18.7 Å². The molecule has 0 saturated carbocycles. The van der Waals surface area contributed by atoms with Crippen LogP contribution < -0.4 is 5.73 Å². The van der Waals surface area contributed by atoms with Gasteiger partial charge in [-0.2, -0.15) is 0 Å². The molecule has 3 nitrogen and oxygen atoms in total. The monoisotopic (exact) mass is 299 g/mol. The molecule has 0 radical (unpaired) electrons. The summed E-state index contributed by atoms with van der Waals surface area (Å²) in [6.07, 6.45) is -2.66. The van der Waals surface area contributed by atoms with E-state index in [1.165, 1.54) is 6.07 Å². The number of anilines is 1. The van der Waals surface area contributed by atoms with Crippen LogP contribution in [0, 0.1) is 0 Å². The van der Waals surface area contributed by atoms with Gasteiger partial charge in [-0.1, -0.05) is 28.1 Å². The zero-order valence-electron chi connectivity index (χ0n) is 8.57. The minimum Gasteiger partial charge on any atom is -0.368 e. The van der Waals surface area contributed by atoms with Crippen molar-refractivity contribution in [3.05, 3.63) is 40.5 Å². The van der Waals surface area contributed by atoms with Gasteiger partial charge in [-0.05, 0) is 18.2 Å². The van der Waals surface area contributed by atoms with Crippen LogP contribution in [0.3, 0.4) is 0 Å². The van der Waals surface area contributed by atoms with Crippen LogP contribution in [0.2, 0.25) is 0 Å². The lowest BCUT2D eigenvalue weighted by molar-refractivity contribution is 0.146. The molecule has 2 aromatic rings. The average molecular weight is 300 g/mol. The van der Waals surface area contributed by atoms with E-state index in [0.29, 0.717) is 11.3 Å². The molecule has 0 unspecified atom stereocenters. The first kappa shape index (κ1) is 11.9. The van der Waals surface area contributed by atoms with Gasteiger partial charge in [0.2, 0.25) is 5.95 Å². The molecule has 0 bridgehead atoms. The third kappa shape index (κ3) is 2.76. The summed E-state index contributed by atoms with van der Waals surface area (Å²) in [6, 6.07) is 8.37. The second-order valence-electron chi connectivity index (χ2n) is 3.34. The Morgan fingerprint density at radius 2 is 1.76 bits per heavy atom. The van der Waals surface area contributed by atoms with Gasteiger partial charge in [0.05, 0.1) is 5.69 Å². The van der Waals surface area contributed by atoms with E-state index in [2.05, 4.69) is 25.9 Å². The number of hydrogen-bond donors (Lipinski definition) is 1. The number of rotatable bonds is 2. The summed E-state index contributed by atoms with van der Waals surface area (Å²) in [4.78, 5) is 7.42. The van der Waals surface area contributed by atoms with Crippen molar-refractivity contribution in [2.45, 2.75) is 6.43 Å². The van der Waals surface area contributed by atoms with Crippen molar-refractivity contribution in [3.8, 4) is 11.3 Å². The standard InChI is InChI=1S/C11H8BrF2N3/c12-7-3-1-6(2-4-7)8-5-9(10(13)14)17-11(15)16-8/h1-5,10H,(H2,15,16,17). The van der Waals surface area contributed by atoms with Gasteiger partial charge >= 0.3 is 0 Å². The highest BCUT2D eigenvalue weighted by molar-refractivity contribution is 9.10. The minimum absolute atomic E-state index is 0.152. The molecule has 0 aliphatic heterocycles. The summed E-state index contributed by atoms with van der Waals surface area (Å²) < 4.78 is 26.0. The molecule has 0 fully saturated rings. The molecule has 2 rings (SSSR count). The Morgan fingerprint density at radius 3 is 2.35 bits per heavy atom. The summed E-state index contributed by atoms with van der Waals surface area (Å²) in [5.74, 6) is -0.152. The Hall–Kier alpha value is -1.56. The highest BCUT2D eigenvalue weighted by Crippen LogP contribution is 2.24. The number of alkyl halides is 2. The fourth-order valence-electron chi connectivity index (χ4n) is 1.37. The Morgan fingerprint density at radius 1 is 1.12 bits per heavy atom. The Bertz CT molecular complexity index is 529. The van der Waals surface area contributed by atoms with Crippen LogP contribution in [0.5, 0.6) is 0 Å². The van der Waals surface area contributed by atoms with E-state index in [1.54, 1.807) is 24.3 Å². The van der Waals surface area contributed by atoms with E-state index in [9.17, 15) is 8.78 Å². The van der Waals surface area contributed by atoms with E-state index < -0.39 is 6.43 Å². The molecule has 0 aliphatic rings. The quantitative estimate of drug-likeness (QED) is 0.924. The maximum atomic E-state index is 12.6. The molecular weight excluding hydrogens is 292 g/mol. The van der Waals surface area contributed by atoms with Crippen molar-refractivity contribution in [3.63, 3.8) is 0 Å². The van der Waals surface area contributed by atoms with Crippen molar-refractivity contribution in [2.75, 3.05) is 5.73 Å². The highest BCUT2D eigenvalue weighted by atomic mass is 79.9. The zero-order valence-corrected chi connectivity index (χ0v) is 10.2. The molecule has 17 heavy (non-hydrogen) atoms. The summed E-state index contributed by atoms with van der Waals surface area (Å²) in [7, 11) is 0. The van der Waals surface area contributed by atoms with Crippen molar-refractivity contribution in [1.82, 2.24) is 9.97 Å². The predicted octanol–water partition coefficient (Wildman–Crippen LogP) is 3.43. The van der Waals surface area contributed by atoms with Crippen LogP contribution in [0.4, 0.5) is 14.7 Å². The Labute approximate surface area is 105 Å². The van der Waals surface area contributed by atoms with E-state index in [4.69, 9.17) is 5.73 Å². The number of aromatic nitrogens is 2. The van der Waals surface area contributed by atoms with Gasteiger partial charge in [0.15, 0.2) is 0 Å². The maximum absolute atomic E-state index is 12.6. The number of benzene rings is 1. The van der Waals surface area contributed by atoms with Gasteiger partial charge in [-0.3, -0.25) is 0 Å². The average Bonchev–Trinajstić information content (AvgIpc) is 2.29. The number of nitrogens with zero attached hydrogens (tertiary/aromatic N) is 2. The van der Waals surface area contributed by atoms with Gasteiger partial charge in [0.1, 0.15) is 5.69 Å². The zero-order chi connectivity index (χ0) is 12.4. The van der Waals surface area contributed by atoms with Crippen molar-refractivity contribution >= 4 is 21.9 Å². The lowest BCUT2D eigenvalue weighted by Crippen LogP contribution is -2.01. The smallest absolute Gasteiger partial charge is 0.280 e. The normalized spacial score (nSPS) is 10.8. The highest BCUT2D eigenvalue weighted by Gasteiger charge is 2.12. The second-order valence-corrected chi connectivity index (χ2v) is 4.26. The van der Waals surface area contributed by atoms with Crippen LogP contribution >= 0.6 is 15.9 Å². The first-order chi connectivity index (χ1) is 8.06. The molecular formula is C11H8BrF2N3. The second kappa shape index (κ2) is 4.75. The lowest BCUT2D eigenvalue weighted by Gasteiger charge is -2.05. The fraction of sp³-hybridized carbons (Fsp3) is 0.0909. The molecule has 0 spiro atoms. The number of hydrogen-bond acceptors (Lipinski definition) is 3. The van der Waals surface area contributed by atoms with Gasteiger partial charge < -0.3 is 5.73 Å². The summed E-state index contributed by atoms with van der Waals surface area (Å²) in [5, 5.41) is 0. The molecule has 1 heterocycles. The van der Waals surface area contributed by atoms with Crippen LogP contribution in [-0.2, 0) is 0 Å². The lowest BCUT2D eigenvalue weighted by atomic mass is 10.1. The molecule has 6 heteroatoms. The summed E-state index contributed by atoms with van der Waals surface area (Å²) in [5.41, 5.74) is 6.14. The first-order valence-corrected chi connectivity index (χ1v) is 5.54. The van der Waals surface area contributed by atoms with Gasteiger partial charge in [-0.15, -0.1) is 0 Å². The third-order valence-electron chi connectivity index (χ3n) is 2.13. The van der Waals surface area contributed by atoms with E-state index >= 15 is 0 Å². The molecule has 1 aromatic carbocycles. The van der Waals surface area contributed by atoms with Gasteiger partial charge in [0, 0.05) is 10.0 Å². The molecule has 0 amide bonds. The van der Waals surface area contributed by atoms with Crippen LogP contribution in [0.1, 0.15) is 12.1 Å². The minimum atomic E-state index is -2.66. The van der Waals surface area contributed by atoms with Crippen molar-refractivity contribution < 1.29 is 8.78 Å². The SMILES string of the molecule is Nc1nc(-c2ccc(Br)cc2)cc(C(F)F)n1. The van der Waals surface area contributed by atoms with Crippen molar-refractivity contribution in [1.29, 1.82) is 0 Å². The molecule has 0 aliphatic carbocycles. The van der Waals surface area contributed by atoms with E-state index in [1.807, 2.05) is 0 Å². The van der Waals surface area contributed by atoms with Crippen LogP contribution in [0.15, 0.2) is 34.8 Å². The fourth-order valence-corrected chi connectivity index (χ4v) is 1.63. The molecule has 2 N–H and O–H groups in total. The molecule has 88 valence electrons. The molecule has 0 atom stereocenters. The Kier molecular flexibility index (Phi) is 3.33. The topological polar surface area (TPSA) is 51.8 Å². The first-order valence-electron chi connectivity index (χ1n) is 4.75. The maximum Gasteiger partial charge on any atom is 0.280 e. The molecule has 1 aromatic heterocycles. The largest absolute Gasteiger partial charge is 0.368 e. The number of nitrogen functional groups attached to an aromatic ring is 1. The number of nitrogens with two attached hydrogens (primary N) is 1. The Balaban J connectivity index is 2.48. The van der Waals surface area contributed by atoms with Crippen molar-refractivity contribution in [2.24, 2.45) is 0 Å². The molecule has 0 saturated heterocycles. The summed E-state index contributed by atoms with van der Waals surface area (Å²) >= 11 is 3.29. The van der Waals surface area contributed by atoms with E-state index in [0.717, 1.165) is 4.47 Å². The van der Waals surface area contributed by atoms with Crippen LogP contribution in [-0.4, -0.2) is 9.97 Å². The van der Waals surface area contributed by atoms with Gasteiger partial charge in [0.25, 0.3) is 6.43 Å².